The molecule has 0 bridgehead atoms. The highest BCUT2D eigenvalue weighted by atomic mass is 19.4. The number of alkyl halides is 3. The Balaban J connectivity index is 1.63. The minimum atomic E-state index is -4.53. The third kappa shape index (κ3) is 3.33. The maximum Gasteiger partial charge on any atom is 0.451 e. The number of halogens is 3. The van der Waals surface area contributed by atoms with Crippen LogP contribution in [0.1, 0.15) is 23.6 Å². The van der Waals surface area contributed by atoms with Gasteiger partial charge in [-0.1, -0.05) is 6.07 Å². The number of rotatable bonds is 3. The topological polar surface area (TPSA) is 63.9 Å². The first-order chi connectivity index (χ1) is 10.9. The largest absolute Gasteiger partial charge is 0.451 e. The highest BCUT2D eigenvalue weighted by Crippen LogP contribution is 2.29. The standard InChI is InChI=1S/C14H14F3N5O/c15-14(16,17)13-20-19-11-9-21(6-7-22(11)13)12(23)4-3-10-2-1-5-18-8-10/h1-2,5,8H,3-4,6-7,9H2. The summed E-state index contributed by atoms with van der Waals surface area (Å²) >= 11 is 0. The first-order valence-electron chi connectivity index (χ1n) is 7.11. The van der Waals surface area contributed by atoms with Crippen molar-refractivity contribution in [1.29, 1.82) is 0 Å². The Morgan fingerprint density at radius 3 is 2.78 bits per heavy atom. The van der Waals surface area contributed by atoms with Gasteiger partial charge in [0.1, 0.15) is 0 Å². The number of fused-ring (bicyclic) bond motifs is 1. The van der Waals surface area contributed by atoms with Crippen molar-refractivity contribution in [2.24, 2.45) is 0 Å². The van der Waals surface area contributed by atoms with E-state index in [0.29, 0.717) is 6.42 Å². The molecule has 0 fully saturated rings. The number of carbonyl (C=O) groups excluding carboxylic acids is 1. The Kier molecular flexibility index (Phi) is 4.01. The van der Waals surface area contributed by atoms with Gasteiger partial charge in [0.15, 0.2) is 5.82 Å². The summed E-state index contributed by atoms with van der Waals surface area (Å²) in [5.41, 5.74) is 0.945. The lowest BCUT2D eigenvalue weighted by molar-refractivity contribution is -0.148. The minimum absolute atomic E-state index is 0.0505. The van der Waals surface area contributed by atoms with Crippen molar-refractivity contribution >= 4 is 5.91 Å². The number of amides is 1. The van der Waals surface area contributed by atoms with Gasteiger partial charge in [-0.05, 0) is 18.1 Å². The first-order valence-corrected chi connectivity index (χ1v) is 7.11. The van der Waals surface area contributed by atoms with Gasteiger partial charge < -0.3 is 9.47 Å². The normalized spacial score (nSPS) is 14.7. The molecule has 2 aromatic rings. The second-order valence-corrected chi connectivity index (χ2v) is 5.27. The van der Waals surface area contributed by atoms with E-state index in [1.54, 1.807) is 18.5 Å². The number of nitrogens with zero attached hydrogens (tertiary/aromatic N) is 5. The number of hydrogen-bond acceptors (Lipinski definition) is 4. The van der Waals surface area contributed by atoms with Gasteiger partial charge >= 0.3 is 6.18 Å². The third-order valence-corrected chi connectivity index (χ3v) is 3.71. The Bertz CT molecular complexity index is 698. The van der Waals surface area contributed by atoms with E-state index in [0.717, 1.165) is 10.1 Å². The number of pyridine rings is 1. The number of hydrogen-bond donors (Lipinski definition) is 0. The van der Waals surface area contributed by atoms with Gasteiger partial charge in [0.05, 0.1) is 6.54 Å². The summed E-state index contributed by atoms with van der Waals surface area (Å²) in [6.45, 7) is 0.324. The van der Waals surface area contributed by atoms with Crippen LogP contribution in [0.25, 0.3) is 0 Å². The Morgan fingerprint density at radius 2 is 2.09 bits per heavy atom. The van der Waals surface area contributed by atoms with Gasteiger partial charge in [-0.2, -0.15) is 13.2 Å². The van der Waals surface area contributed by atoms with E-state index in [4.69, 9.17) is 0 Å². The van der Waals surface area contributed by atoms with Crippen LogP contribution in [0.2, 0.25) is 0 Å². The van der Waals surface area contributed by atoms with Crippen LogP contribution >= 0.6 is 0 Å². The molecule has 9 heteroatoms. The molecular weight excluding hydrogens is 311 g/mol. The summed E-state index contributed by atoms with van der Waals surface area (Å²) in [7, 11) is 0. The molecule has 0 saturated heterocycles. The monoisotopic (exact) mass is 325 g/mol. The summed E-state index contributed by atoms with van der Waals surface area (Å²) < 4.78 is 39.3. The first kappa shape index (κ1) is 15.4. The Morgan fingerprint density at radius 1 is 1.26 bits per heavy atom. The molecule has 0 spiro atoms. The molecule has 0 radical (unpaired) electrons. The van der Waals surface area contributed by atoms with Crippen molar-refractivity contribution in [3.05, 3.63) is 41.7 Å². The van der Waals surface area contributed by atoms with Gasteiger partial charge in [-0.15, -0.1) is 10.2 Å². The van der Waals surface area contributed by atoms with E-state index < -0.39 is 12.0 Å². The lowest BCUT2D eigenvalue weighted by Crippen LogP contribution is -2.39. The van der Waals surface area contributed by atoms with Crippen LogP contribution in [0.15, 0.2) is 24.5 Å². The number of aromatic nitrogens is 4. The molecule has 0 atom stereocenters. The second kappa shape index (κ2) is 5.98. The summed E-state index contributed by atoms with van der Waals surface area (Å²) in [6.07, 6.45) is -0.357. The summed E-state index contributed by atoms with van der Waals surface area (Å²) in [4.78, 5) is 17.7. The summed E-state index contributed by atoms with van der Waals surface area (Å²) in [6, 6.07) is 3.67. The van der Waals surface area contributed by atoms with Gasteiger partial charge in [0, 0.05) is 31.9 Å². The number of aryl methyl sites for hydroxylation is 1. The molecule has 0 aliphatic carbocycles. The zero-order valence-electron chi connectivity index (χ0n) is 12.1. The van der Waals surface area contributed by atoms with Gasteiger partial charge in [-0.3, -0.25) is 9.78 Å². The van der Waals surface area contributed by atoms with Crippen LogP contribution in [0.3, 0.4) is 0 Å². The quantitative estimate of drug-likeness (QED) is 0.861. The number of carbonyl (C=O) groups is 1. The highest BCUT2D eigenvalue weighted by molar-refractivity contribution is 5.76. The molecule has 0 aromatic carbocycles. The van der Waals surface area contributed by atoms with Crippen LogP contribution in [-0.2, 0) is 30.5 Å². The molecule has 1 amide bonds. The van der Waals surface area contributed by atoms with E-state index in [1.807, 2.05) is 6.07 Å². The van der Waals surface area contributed by atoms with E-state index >= 15 is 0 Å². The fourth-order valence-corrected chi connectivity index (χ4v) is 2.54. The maximum atomic E-state index is 12.8. The van der Waals surface area contributed by atoms with Crippen LogP contribution < -0.4 is 0 Å². The predicted octanol–water partition coefficient (Wildman–Crippen LogP) is 1.67. The van der Waals surface area contributed by atoms with Crippen LogP contribution in [-0.4, -0.2) is 37.1 Å². The van der Waals surface area contributed by atoms with E-state index in [-0.39, 0.29) is 37.8 Å². The SMILES string of the molecule is O=C(CCc1cccnc1)N1CCn2c(nnc2C(F)(F)F)C1. The van der Waals surface area contributed by atoms with Crippen molar-refractivity contribution in [2.45, 2.75) is 32.1 Å². The predicted molar refractivity (Wildman–Crippen MR) is 73.0 cm³/mol. The molecule has 0 unspecified atom stereocenters. The fraction of sp³-hybridized carbons (Fsp3) is 0.429. The molecular formula is C14H14F3N5O. The maximum absolute atomic E-state index is 12.8. The molecule has 3 rings (SSSR count). The minimum Gasteiger partial charge on any atom is -0.333 e. The van der Waals surface area contributed by atoms with Gasteiger partial charge in [0.25, 0.3) is 0 Å². The van der Waals surface area contributed by atoms with Crippen LogP contribution in [0.5, 0.6) is 0 Å². The molecule has 0 saturated carbocycles. The van der Waals surface area contributed by atoms with E-state index in [2.05, 4.69) is 15.2 Å². The summed E-state index contributed by atoms with van der Waals surface area (Å²) in [5, 5.41) is 6.76. The molecule has 0 N–H and O–H groups in total. The average Bonchev–Trinajstić information content (AvgIpc) is 2.96. The zero-order valence-corrected chi connectivity index (χ0v) is 12.1. The molecule has 122 valence electrons. The molecule has 2 aromatic heterocycles. The highest BCUT2D eigenvalue weighted by Gasteiger charge is 2.39. The molecule has 6 nitrogen and oxygen atoms in total. The van der Waals surface area contributed by atoms with E-state index in [9.17, 15) is 18.0 Å². The van der Waals surface area contributed by atoms with E-state index in [1.165, 1.54) is 4.90 Å². The smallest absolute Gasteiger partial charge is 0.333 e. The molecule has 23 heavy (non-hydrogen) atoms. The third-order valence-electron chi connectivity index (χ3n) is 3.71. The van der Waals surface area contributed by atoms with Crippen molar-refractivity contribution in [1.82, 2.24) is 24.6 Å². The zero-order chi connectivity index (χ0) is 16.4. The molecule has 3 heterocycles. The van der Waals surface area contributed by atoms with Crippen LogP contribution in [0, 0.1) is 0 Å². The Labute approximate surface area is 130 Å². The van der Waals surface area contributed by atoms with Gasteiger partial charge in [0.2, 0.25) is 11.7 Å². The van der Waals surface area contributed by atoms with Crippen molar-refractivity contribution in [3.63, 3.8) is 0 Å². The lowest BCUT2D eigenvalue weighted by atomic mass is 10.1. The fourth-order valence-electron chi connectivity index (χ4n) is 2.54. The van der Waals surface area contributed by atoms with Gasteiger partial charge in [-0.25, -0.2) is 0 Å². The van der Waals surface area contributed by atoms with Crippen LogP contribution in [0.4, 0.5) is 13.2 Å². The molecule has 1 aliphatic heterocycles. The average molecular weight is 325 g/mol. The second-order valence-electron chi connectivity index (χ2n) is 5.27. The van der Waals surface area contributed by atoms with Crippen molar-refractivity contribution in [3.8, 4) is 0 Å². The molecule has 1 aliphatic rings. The van der Waals surface area contributed by atoms with Crippen molar-refractivity contribution < 1.29 is 18.0 Å². The summed E-state index contributed by atoms with van der Waals surface area (Å²) in [5.74, 6) is -0.954. The lowest BCUT2D eigenvalue weighted by Gasteiger charge is -2.28. The Hall–Kier alpha value is -2.45. The van der Waals surface area contributed by atoms with Crippen molar-refractivity contribution in [2.75, 3.05) is 6.54 Å².